The van der Waals surface area contributed by atoms with Gasteiger partial charge in [-0.3, -0.25) is 4.98 Å². The molecule has 0 atom stereocenters. The predicted octanol–water partition coefficient (Wildman–Crippen LogP) is 4.09. The molecule has 0 aliphatic carbocycles. The Hall–Kier alpha value is -1.12. The average Bonchev–Trinajstić information content (AvgIpc) is 2.39. The number of aryl methyl sites for hydroxylation is 1. The number of pyridine rings is 1. The first kappa shape index (κ1) is 11.9. The molecule has 1 aromatic heterocycles. The third kappa shape index (κ3) is 2.23. The topological polar surface area (TPSA) is 22.1 Å². The van der Waals surface area contributed by atoms with Crippen molar-refractivity contribution in [2.75, 3.05) is 13.2 Å². The lowest BCUT2D eigenvalue weighted by Gasteiger charge is -2.24. The number of nitrogens with zero attached hydrogens (tertiary/aromatic N) is 1. The predicted molar refractivity (Wildman–Crippen MR) is 74.3 cm³/mol. The molecule has 1 saturated heterocycles. The summed E-state index contributed by atoms with van der Waals surface area (Å²) in [5, 5.41) is 1.97. The zero-order valence-electron chi connectivity index (χ0n) is 10.4. The molecule has 2 aromatic rings. The van der Waals surface area contributed by atoms with Crippen molar-refractivity contribution in [3.05, 3.63) is 40.5 Å². The van der Waals surface area contributed by atoms with Crippen LogP contribution in [0.2, 0.25) is 5.02 Å². The van der Waals surface area contributed by atoms with E-state index in [-0.39, 0.29) is 0 Å². The Bertz CT molecular complexity index is 576. The van der Waals surface area contributed by atoms with Crippen molar-refractivity contribution in [1.82, 2.24) is 4.98 Å². The van der Waals surface area contributed by atoms with E-state index < -0.39 is 0 Å². The van der Waals surface area contributed by atoms with Crippen LogP contribution in [0.4, 0.5) is 0 Å². The van der Waals surface area contributed by atoms with Crippen LogP contribution in [0.1, 0.15) is 30.0 Å². The van der Waals surface area contributed by atoms with E-state index in [1.807, 2.05) is 18.2 Å². The maximum absolute atomic E-state index is 6.12. The highest BCUT2D eigenvalue weighted by molar-refractivity contribution is 6.31. The average molecular weight is 262 g/mol. The number of ether oxygens (including phenoxy) is 1. The molecule has 94 valence electrons. The summed E-state index contributed by atoms with van der Waals surface area (Å²) in [7, 11) is 0. The number of fused-ring (bicyclic) bond motifs is 1. The molecule has 2 heterocycles. The quantitative estimate of drug-likeness (QED) is 0.771. The normalized spacial score (nSPS) is 17.2. The van der Waals surface area contributed by atoms with Crippen LogP contribution < -0.4 is 0 Å². The molecule has 0 N–H and O–H groups in total. The van der Waals surface area contributed by atoms with Crippen LogP contribution >= 0.6 is 11.6 Å². The van der Waals surface area contributed by atoms with E-state index in [1.54, 1.807) is 0 Å². The molecule has 1 aliphatic rings. The van der Waals surface area contributed by atoms with Gasteiger partial charge in [0.15, 0.2) is 0 Å². The van der Waals surface area contributed by atoms with Gasteiger partial charge in [-0.15, -0.1) is 0 Å². The first-order valence-corrected chi connectivity index (χ1v) is 6.76. The van der Waals surface area contributed by atoms with Gasteiger partial charge in [0.25, 0.3) is 0 Å². The third-order valence-electron chi connectivity index (χ3n) is 3.59. The second-order valence-electron chi connectivity index (χ2n) is 4.90. The molecule has 0 saturated carbocycles. The molecule has 0 amide bonds. The Morgan fingerprint density at radius 1 is 1.22 bits per heavy atom. The Labute approximate surface area is 112 Å². The summed E-state index contributed by atoms with van der Waals surface area (Å²) in [5.41, 5.74) is 3.50. The van der Waals surface area contributed by atoms with Gasteiger partial charge < -0.3 is 4.74 Å². The molecule has 0 unspecified atom stereocenters. The second-order valence-corrected chi connectivity index (χ2v) is 5.34. The first-order valence-electron chi connectivity index (χ1n) is 6.38. The zero-order chi connectivity index (χ0) is 12.5. The van der Waals surface area contributed by atoms with Crippen molar-refractivity contribution in [2.24, 2.45) is 0 Å². The lowest BCUT2D eigenvalue weighted by Crippen LogP contribution is -2.14. The maximum Gasteiger partial charge on any atom is 0.0709 e. The Kier molecular flexibility index (Phi) is 3.23. The van der Waals surface area contributed by atoms with Crippen molar-refractivity contribution in [3.8, 4) is 0 Å². The summed E-state index contributed by atoms with van der Waals surface area (Å²) in [4.78, 5) is 4.58. The Morgan fingerprint density at radius 2 is 2.00 bits per heavy atom. The highest BCUT2D eigenvalue weighted by atomic mass is 35.5. The van der Waals surface area contributed by atoms with Crippen molar-refractivity contribution in [1.29, 1.82) is 0 Å². The van der Waals surface area contributed by atoms with Crippen LogP contribution in [0, 0.1) is 6.92 Å². The highest BCUT2D eigenvalue weighted by Gasteiger charge is 2.19. The molecule has 0 spiro atoms. The van der Waals surface area contributed by atoms with Gasteiger partial charge in [0.2, 0.25) is 0 Å². The number of hydrogen-bond acceptors (Lipinski definition) is 2. The molecule has 18 heavy (non-hydrogen) atoms. The molecular formula is C15H16ClNO. The van der Waals surface area contributed by atoms with Gasteiger partial charge >= 0.3 is 0 Å². The first-order chi connectivity index (χ1) is 8.74. The smallest absolute Gasteiger partial charge is 0.0709 e. The van der Waals surface area contributed by atoms with Crippen LogP contribution in [-0.4, -0.2) is 18.2 Å². The zero-order valence-corrected chi connectivity index (χ0v) is 11.2. The minimum absolute atomic E-state index is 0.571. The van der Waals surface area contributed by atoms with Gasteiger partial charge in [-0.25, -0.2) is 0 Å². The molecule has 1 aromatic carbocycles. The molecule has 3 heteroatoms. The van der Waals surface area contributed by atoms with Gasteiger partial charge in [0, 0.05) is 29.3 Å². The fraction of sp³-hybridized carbons (Fsp3) is 0.400. The summed E-state index contributed by atoms with van der Waals surface area (Å²) in [5.74, 6) is 0.571. The van der Waals surface area contributed by atoms with Crippen molar-refractivity contribution in [2.45, 2.75) is 25.7 Å². The number of benzene rings is 1. The summed E-state index contributed by atoms with van der Waals surface area (Å²) >= 11 is 6.12. The maximum atomic E-state index is 6.12. The monoisotopic (exact) mass is 261 g/mol. The summed E-state index contributed by atoms with van der Waals surface area (Å²) in [6, 6.07) is 8.15. The van der Waals surface area contributed by atoms with E-state index in [9.17, 15) is 0 Å². The SMILES string of the molecule is Cc1cc(C2CCOCC2)c2cc(Cl)ccc2n1. The number of rotatable bonds is 1. The van der Waals surface area contributed by atoms with Gasteiger partial charge in [-0.1, -0.05) is 11.6 Å². The van der Waals surface area contributed by atoms with Gasteiger partial charge in [-0.2, -0.15) is 0 Å². The van der Waals surface area contributed by atoms with Crippen molar-refractivity contribution in [3.63, 3.8) is 0 Å². The molecule has 3 rings (SSSR count). The second kappa shape index (κ2) is 4.87. The molecule has 1 fully saturated rings. The summed E-state index contributed by atoms with van der Waals surface area (Å²) in [6.45, 7) is 3.76. The fourth-order valence-corrected chi connectivity index (χ4v) is 2.88. The van der Waals surface area contributed by atoms with Crippen LogP contribution in [0.25, 0.3) is 10.9 Å². The van der Waals surface area contributed by atoms with Crippen molar-refractivity contribution >= 4 is 22.5 Å². The molecule has 0 bridgehead atoms. The number of hydrogen-bond donors (Lipinski definition) is 0. The third-order valence-corrected chi connectivity index (χ3v) is 3.83. The minimum atomic E-state index is 0.571. The van der Waals surface area contributed by atoms with Crippen LogP contribution in [0.15, 0.2) is 24.3 Å². The van der Waals surface area contributed by atoms with E-state index in [1.165, 1.54) is 10.9 Å². The van der Waals surface area contributed by atoms with E-state index in [0.717, 1.165) is 42.3 Å². The lowest BCUT2D eigenvalue weighted by atomic mass is 9.89. The molecule has 0 radical (unpaired) electrons. The fourth-order valence-electron chi connectivity index (χ4n) is 2.71. The van der Waals surface area contributed by atoms with Crippen molar-refractivity contribution < 1.29 is 4.74 Å². The largest absolute Gasteiger partial charge is 0.381 e. The van der Waals surface area contributed by atoms with Crippen LogP contribution in [-0.2, 0) is 4.74 Å². The van der Waals surface area contributed by atoms with Gasteiger partial charge in [0.05, 0.1) is 5.52 Å². The van der Waals surface area contributed by atoms with E-state index in [4.69, 9.17) is 16.3 Å². The lowest BCUT2D eigenvalue weighted by molar-refractivity contribution is 0.0856. The number of aromatic nitrogens is 1. The van der Waals surface area contributed by atoms with Gasteiger partial charge in [0.1, 0.15) is 0 Å². The van der Waals surface area contributed by atoms with E-state index >= 15 is 0 Å². The molecular weight excluding hydrogens is 246 g/mol. The highest BCUT2D eigenvalue weighted by Crippen LogP contribution is 2.33. The molecule has 2 nitrogen and oxygen atoms in total. The Morgan fingerprint density at radius 3 is 2.78 bits per heavy atom. The Balaban J connectivity index is 2.16. The van der Waals surface area contributed by atoms with E-state index in [0.29, 0.717) is 5.92 Å². The number of halogens is 1. The van der Waals surface area contributed by atoms with Crippen LogP contribution in [0.5, 0.6) is 0 Å². The standard InChI is InChI=1S/C15H16ClNO/c1-10-8-13(11-4-6-18-7-5-11)14-9-12(16)2-3-15(14)17-10/h2-3,8-9,11H,4-7H2,1H3. The van der Waals surface area contributed by atoms with Gasteiger partial charge in [-0.05, 0) is 55.5 Å². The summed E-state index contributed by atoms with van der Waals surface area (Å²) < 4.78 is 5.45. The van der Waals surface area contributed by atoms with E-state index in [2.05, 4.69) is 18.0 Å². The summed E-state index contributed by atoms with van der Waals surface area (Å²) in [6.07, 6.45) is 2.18. The molecule has 1 aliphatic heterocycles. The van der Waals surface area contributed by atoms with Crippen LogP contribution in [0.3, 0.4) is 0 Å². The minimum Gasteiger partial charge on any atom is -0.381 e.